The van der Waals surface area contributed by atoms with Gasteiger partial charge < -0.3 is 4.90 Å². The molecule has 0 saturated heterocycles. The minimum absolute atomic E-state index is 0.0420. The van der Waals surface area contributed by atoms with Crippen molar-refractivity contribution in [3.8, 4) is 22.4 Å². The van der Waals surface area contributed by atoms with E-state index in [-0.39, 0.29) is 16.9 Å². The Kier molecular flexibility index (Phi) is 4.64. The first-order valence-corrected chi connectivity index (χ1v) is 10.6. The summed E-state index contributed by atoms with van der Waals surface area (Å²) in [7, 11) is 1.74. The van der Waals surface area contributed by atoms with E-state index in [1.54, 1.807) is 24.1 Å². The Morgan fingerprint density at radius 3 is 2.61 bits per heavy atom. The highest BCUT2D eigenvalue weighted by Crippen LogP contribution is 2.40. The normalized spacial score (nSPS) is 17.4. The number of aromatic nitrogens is 3. The van der Waals surface area contributed by atoms with E-state index in [9.17, 15) is 9.18 Å². The zero-order valence-corrected chi connectivity index (χ0v) is 17.7. The van der Waals surface area contributed by atoms with Gasteiger partial charge in [0.15, 0.2) is 0 Å². The second-order valence-electron chi connectivity index (χ2n) is 9.09. The van der Waals surface area contributed by atoms with Crippen LogP contribution in [-0.2, 0) is 13.1 Å². The molecule has 0 atom stereocenters. The number of carbonyl (C=O) groups is 1. The van der Waals surface area contributed by atoms with E-state index in [0.29, 0.717) is 35.5 Å². The SMILES string of the molecule is CN1Cc2ccc(-c3nc(F)ccc3-c3cnn(CC4(C)CCCC4)c3F)cc2C1=O. The summed E-state index contributed by atoms with van der Waals surface area (Å²) in [5.74, 6) is -1.19. The molecule has 1 aromatic carbocycles. The fourth-order valence-electron chi connectivity index (χ4n) is 4.88. The van der Waals surface area contributed by atoms with Gasteiger partial charge in [-0.3, -0.25) is 4.79 Å². The average Bonchev–Trinajstić information content (AvgIpc) is 3.41. The maximum absolute atomic E-state index is 15.4. The number of carbonyl (C=O) groups excluding carboxylic acids is 1. The summed E-state index contributed by atoms with van der Waals surface area (Å²) in [6.45, 7) is 3.23. The van der Waals surface area contributed by atoms with Crippen molar-refractivity contribution in [2.45, 2.75) is 45.7 Å². The molecule has 1 fully saturated rings. The Morgan fingerprint density at radius 1 is 1.06 bits per heavy atom. The number of pyridine rings is 1. The summed E-state index contributed by atoms with van der Waals surface area (Å²) in [6, 6.07) is 8.12. The van der Waals surface area contributed by atoms with Gasteiger partial charge in [0, 0.05) is 36.8 Å². The van der Waals surface area contributed by atoms with Crippen LogP contribution in [0.3, 0.4) is 0 Å². The third-order valence-corrected chi connectivity index (χ3v) is 6.64. The number of halogens is 2. The van der Waals surface area contributed by atoms with Gasteiger partial charge in [0.1, 0.15) is 0 Å². The molecule has 1 amide bonds. The molecular weight excluding hydrogens is 398 g/mol. The molecule has 5 rings (SSSR count). The fraction of sp³-hybridized carbons (Fsp3) is 0.375. The molecule has 1 saturated carbocycles. The number of benzene rings is 1. The summed E-state index contributed by atoms with van der Waals surface area (Å²) >= 11 is 0. The molecule has 3 aromatic rings. The third kappa shape index (κ3) is 3.42. The van der Waals surface area contributed by atoms with Crippen molar-refractivity contribution in [1.82, 2.24) is 19.7 Å². The van der Waals surface area contributed by atoms with Crippen LogP contribution in [0, 0.1) is 17.3 Å². The first-order valence-electron chi connectivity index (χ1n) is 10.6. The lowest BCUT2D eigenvalue weighted by molar-refractivity contribution is 0.0816. The van der Waals surface area contributed by atoms with Gasteiger partial charge in [-0.2, -0.15) is 13.9 Å². The topological polar surface area (TPSA) is 51.0 Å². The van der Waals surface area contributed by atoms with Crippen LogP contribution in [0.2, 0.25) is 0 Å². The minimum Gasteiger partial charge on any atom is -0.337 e. The summed E-state index contributed by atoms with van der Waals surface area (Å²) in [4.78, 5) is 18.1. The number of nitrogens with zero attached hydrogens (tertiary/aromatic N) is 4. The van der Waals surface area contributed by atoms with Gasteiger partial charge in [0.05, 0.1) is 17.5 Å². The average molecular weight is 422 g/mol. The van der Waals surface area contributed by atoms with E-state index in [4.69, 9.17) is 0 Å². The standard InChI is InChI=1S/C24H24F2N4O/c1-24(9-3-4-10-24)14-30-22(26)19(12-27-30)17-7-8-20(25)28-21(17)15-5-6-16-13-29(2)23(31)18(16)11-15/h5-8,11-12H,3-4,9-10,13-14H2,1-2H3. The molecule has 1 aliphatic carbocycles. The molecule has 1 aliphatic heterocycles. The molecule has 5 nitrogen and oxygen atoms in total. The van der Waals surface area contributed by atoms with Gasteiger partial charge in [-0.25, -0.2) is 9.67 Å². The Balaban J connectivity index is 1.56. The highest BCUT2D eigenvalue weighted by Gasteiger charge is 2.31. The van der Waals surface area contributed by atoms with Crippen molar-refractivity contribution in [2.24, 2.45) is 5.41 Å². The van der Waals surface area contributed by atoms with Crippen LogP contribution >= 0.6 is 0 Å². The molecule has 0 spiro atoms. The second-order valence-corrected chi connectivity index (χ2v) is 9.09. The molecule has 31 heavy (non-hydrogen) atoms. The van der Waals surface area contributed by atoms with Gasteiger partial charge in [0.25, 0.3) is 5.91 Å². The van der Waals surface area contributed by atoms with Crippen molar-refractivity contribution in [3.05, 3.63) is 59.6 Å². The van der Waals surface area contributed by atoms with Crippen molar-refractivity contribution < 1.29 is 13.6 Å². The van der Waals surface area contributed by atoms with Crippen LogP contribution in [0.1, 0.15) is 48.5 Å². The van der Waals surface area contributed by atoms with Gasteiger partial charge >= 0.3 is 0 Å². The van der Waals surface area contributed by atoms with Crippen LogP contribution in [0.4, 0.5) is 8.78 Å². The molecule has 2 aliphatic rings. The molecule has 0 N–H and O–H groups in total. The number of hydrogen-bond donors (Lipinski definition) is 0. The van der Waals surface area contributed by atoms with Crippen molar-refractivity contribution in [3.63, 3.8) is 0 Å². The Bertz CT molecular complexity index is 1180. The lowest BCUT2D eigenvalue weighted by atomic mass is 9.89. The lowest BCUT2D eigenvalue weighted by Gasteiger charge is -2.23. The fourth-order valence-corrected chi connectivity index (χ4v) is 4.88. The largest absolute Gasteiger partial charge is 0.337 e. The molecule has 0 radical (unpaired) electrons. The monoisotopic (exact) mass is 422 g/mol. The molecule has 7 heteroatoms. The molecule has 2 aromatic heterocycles. The Hall–Kier alpha value is -3.09. The highest BCUT2D eigenvalue weighted by atomic mass is 19.1. The minimum atomic E-state index is -0.658. The summed E-state index contributed by atoms with van der Waals surface area (Å²) < 4.78 is 30.9. The second kappa shape index (κ2) is 7.25. The van der Waals surface area contributed by atoms with Crippen LogP contribution < -0.4 is 0 Å². The van der Waals surface area contributed by atoms with E-state index in [0.717, 1.165) is 31.2 Å². The summed E-state index contributed by atoms with van der Waals surface area (Å²) in [5, 5.41) is 4.30. The molecule has 0 bridgehead atoms. The van der Waals surface area contributed by atoms with Crippen molar-refractivity contribution >= 4 is 5.91 Å². The van der Waals surface area contributed by atoms with E-state index in [2.05, 4.69) is 17.0 Å². The highest BCUT2D eigenvalue weighted by molar-refractivity contribution is 5.99. The van der Waals surface area contributed by atoms with Crippen LogP contribution in [-0.4, -0.2) is 32.6 Å². The van der Waals surface area contributed by atoms with Gasteiger partial charge in [-0.15, -0.1) is 0 Å². The maximum Gasteiger partial charge on any atom is 0.254 e. The van der Waals surface area contributed by atoms with Gasteiger partial charge in [-0.05, 0) is 42.0 Å². The molecular formula is C24H24F2N4O. The molecule has 160 valence electrons. The first kappa shape index (κ1) is 19.8. The predicted octanol–water partition coefficient (Wildman–Crippen LogP) is 5.06. The number of amides is 1. The third-order valence-electron chi connectivity index (χ3n) is 6.64. The lowest BCUT2D eigenvalue weighted by Crippen LogP contribution is -2.21. The molecule has 0 unspecified atom stereocenters. The van der Waals surface area contributed by atoms with Gasteiger partial charge in [0.2, 0.25) is 11.9 Å². The van der Waals surface area contributed by atoms with E-state index in [1.165, 1.54) is 23.0 Å². The van der Waals surface area contributed by atoms with Crippen molar-refractivity contribution in [2.75, 3.05) is 7.05 Å². The predicted molar refractivity (Wildman–Crippen MR) is 113 cm³/mol. The molecule has 3 heterocycles. The van der Waals surface area contributed by atoms with Gasteiger partial charge in [-0.1, -0.05) is 31.9 Å². The number of fused-ring (bicyclic) bond motifs is 1. The first-order chi connectivity index (χ1) is 14.8. The summed E-state index contributed by atoms with van der Waals surface area (Å²) in [5.41, 5.74) is 3.15. The number of rotatable bonds is 4. The Labute approximate surface area is 179 Å². The van der Waals surface area contributed by atoms with Crippen LogP contribution in [0.25, 0.3) is 22.4 Å². The zero-order chi connectivity index (χ0) is 21.8. The summed E-state index contributed by atoms with van der Waals surface area (Å²) in [6.07, 6.45) is 5.92. The smallest absolute Gasteiger partial charge is 0.254 e. The number of hydrogen-bond acceptors (Lipinski definition) is 3. The van der Waals surface area contributed by atoms with Crippen LogP contribution in [0.5, 0.6) is 0 Å². The van der Waals surface area contributed by atoms with E-state index >= 15 is 4.39 Å². The Morgan fingerprint density at radius 2 is 1.84 bits per heavy atom. The quantitative estimate of drug-likeness (QED) is 0.553. The van der Waals surface area contributed by atoms with Crippen LogP contribution in [0.15, 0.2) is 36.5 Å². The van der Waals surface area contributed by atoms with E-state index < -0.39 is 11.9 Å². The maximum atomic E-state index is 15.4. The zero-order valence-electron chi connectivity index (χ0n) is 17.7. The van der Waals surface area contributed by atoms with Crippen molar-refractivity contribution in [1.29, 1.82) is 0 Å². The van der Waals surface area contributed by atoms with E-state index in [1.807, 2.05) is 6.07 Å².